The molecule has 1 aromatic rings. The lowest BCUT2D eigenvalue weighted by Crippen LogP contribution is -2.46. The van der Waals surface area contributed by atoms with Crippen molar-refractivity contribution in [1.82, 2.24) is 0 Å². The fraction of sp³-hybridized carbons (Fsp3) is 0.562. The van der Waals surface area contributed by atoms with E-state index in [1.807, 2.05) is 12.3 Å². The van der Waals surface area contributed by atoms with Gasteiger partial charge >= 0.3 is 0 Å². The van der Waals surface area contributed by atoms with Crippen LogP contribution in [0.1, 0.15) is 32.8 Å². The Bertz CT molecular complexity index is 500. The van der Waals surface area contributed by atoms with Crippen LogP contribution in [0.4, 0.5) is 5.69 Å². The molecular formula is C16H25N3S. The second kappa shape index (κ2) is 6.08. The lowest BCUT2D eigenvalue weighted by atomic mass is 9.85. The van der Waals surface area contributed by atoms with Crippen LogP contribution in [0.3, 0.4) is 0 Å². The second-order valence-corrected chi connectivity index (χ2v) is 6.83. The monoisotopic (exact) mass is 291 g/mol. The molecule has 1 aliphatic heterocycles. The minimum absolute atomic E-state index is 0.169. The van der Waals surface area contributed by atoms with Crippen molar-refractivity contribution in [2.45, 2.75) is 38.1 Å². The molecule has 0 spiro atoms. The van der Waals surface area contributed by atoms with Gasteiger partial charge in [-0.05, 0) is 43.6 Å². The Hall–Kier alpha value is -1.16. The Morgan fingerprint density at radius 1 is 1.35 bits per heavy atom. The zero-order valence-corrected chi connectivity index (χ0v) is 13.6. The molecule has 3 nitrogen and oxygen atoms in total. The Morgan fingerprint density at radius 2 is 2.05 bits per heavy atom. The third-order valence-corrected chi connectivity index (χ3v) is 5.18. The molecule has 0 saturated carbocycles. The molecule has 1 saturated heterocycles. The van der Waals surface area contributed by atoms with Gasteiger partial charge in [-0.3, -0.25) is 5.41 Å². The van der Waals surface area contributed by atoms with Crippen LogP contribution >= 0.6 is 11.8 Å². The average molecular weight is 291 g/mol. The molecule has 1 heterocycles. The number of nitrogens with two attached hydrogens (primary N) is 1. The largest absolute Gasteiger partial charge is 0.384 e. The third-order valence-electron chi connectivity index (χ3n) is 4.40. The molecule has 20 heavy (non-hydrogen) atoms. The first-order valence-corrected chi connectivity index (χ1v) is 8.46. The normalized spacial score (nSPS) is 26.6. The summed E-state index contributed by atoms with van der Waals surface area (Å²) in [5.41, 5.74) is 7.87. The van der Waals surface area contributed by atoms with Crippen LogP contribution in [-0.2, 0) is 0 Å². The predicted molar refractivity (Wildman–Crippen MR) is 89.0 cm³/mol. The van der Waals surface area contributed by atoms with E-state index in [1.54, 1.807) is 11.8 Å². The molecule has 3 atom stereocenters. The van der Waals surface area contributed by atoms with E-state index in [-0.39, 0.29) is 5.84 Å². The van der Waals surface area contributed by atoms with Gasteiger partial charge in [-0.2, -0.15) is 0 Å². The van der Waals surface area contributed by atoms with Gasteiger partial charge in [0.15, 0.2) is 0 Å². The molecule has 2 rings (SSSR count). The van der Waals surface area contributed by atoms with Crippen LogP contribution in [0.2, 0.25) is 0 Å². The fourth-order valence-electron chi connectivity index (χ4n) is 3.23. The number of hydrogen-bond acceptors (Lipinski definition) is 3. The van der Waals surface area contributed by atoms with Crippen molar-refractivity contribution in [3.63, 3.8) is 0 Å². The standard InChI is InChI=1S/C16H25N3S/c1-10-8-11(2)12(3)19(9-10)13-6-5-7-14(20-4)15(13)16(17)18/h5-7,10-12H,8-9H2,1-4H3,(H3,17,18). The van der Waals surface area contributed by atoms with Gasteiger partial charge < -0.3 is 10.6 Å². The van der Waals surface area contributed by atoms with Crippen LogP contribution in [-0.4, -0.2) is 24.7 Å². The van der Waals surface area contributed by atoms with Crippen LogP contribution < -0.4 is 10.6 Å². The molecular weight excluding hydrogens is 266 g/mol. The van der Waals surface area contributed by atoms with Crippen LogP contribution in [0.5, 0.6) is 0 Å². The number of rotatable bonds is 3. The summed E-state index contributed by atoms with van der Waals surface area (Å²) in [5.74, 6) is 1.51. The van der Waals surface area contributed by atoms with E-state index in [1.165, 1.54) is 6.42 Å². The molecule has 1 aromatic carbocycles. The van der Waals surface area contributed by atoms with Crippen LogP contribution in [0.15, 0.2) is 23.1 Å². The molecule has 0 amide bonds. The van der Waals surface area contributed by atoms with Gasteiger partial charge in [0.2, 0.25) is 0 Å². The minimum atomic E-state index is 0.169. The number of amidine groups is 1. The van der Waals surface area contributed by atoms with Crippen molar-refractivity contribution in [1.29, 1.82) is 5.41 Å². The van der Waals surface area contributed by atoms with Gasteiger partial charge in [0.25, 0.3) is 0 Å². The fourth-order valence-corrected chi connectivity index (χ4v) is 3.87. The second-order valence-electron chi connectivity index (χ2n) is 5.98. The van der Waals surface area contributed by atoms with Crippen LogP contribution in [0, 0.1) is 17.2 Å². The molecule has 4 heteroatoms. The molecule has 0 bridgehead atoms. The molecule has 0 aromatic heterocycles. The van der Waals surface area contributed by atoms with Gasteiger partial charge in [0, 0.05) is 23.2 Å². The van der Waals surface area contributed by atoms with Crippen molar-refractivity contribution in [2.24, 2.45) is 17.6 Å². The predicted octanol–water partition coefficient (Wildman–Crippen LogP) is 3.56. The van der Waals surface area contributed by atoms with E-state index in [0.717, 1.165) is 22.7 Å². The Morgan fingerprint density at radius 3 is 2.65 bits per heavy atom. The summed E-state index contributed by atoms with van der Waals surface area (Å²) in [6.07, 6.45) is 3.31. The number of nitrogens with one attached hydrogen (secondary N) is 1. The zero-order valence-electron chi connectivity index (χ0n) is 12.8. The smallest absolute Gasteiger partial charge is 0.126 e. The number of benzene rings is 1. The van der Waals surface area contributed by atoms with E-state index < -0.39 is 0 Å². The van der Waals surface area contributed by atoms with E-state index in [0.29, 0.717) is 17.9 Å². The lowest BCUT2D eigenvalue weighted by molar-refractivity contribution is 0.297. The average Bonchev–Trinajstić information content (AvgIpc) is 2.41. The van der Waals surface area contributed by atoms with Crippen molar-refractivity contribution in [3.8, 4) is 0 Å². The summed E-state index contributed by atoms with van der Waals surface area (Å²) in [5, 5.41) is 7.94. The minimum Gasteiger partial charge on any atom is -0.384 e. The summed E-state index contributed by atoms with van der Waals surface area (Å²) in [6.45, 7) is 7.95. The summed E-state index contributed by atoms with van der Waals surface area (Å²) in [7, 11) is 0. The first-order valence-electron chi connectivity index (χ1n) is 7.23. The third kappa shape index (κ3) is 2.80. The Balaban J connectivity index is 2.48. The van der Waals surface area contributed by atoms with Gasteiger partial charge in [-0.25, -0.2) is 0 Å². The molecule has 3 unspecified atom stereocenters. The molecule has 0 aliphatic carbocycles. The number of piperidine rings is 1. The summed E-state index contributed by atoms with van der Waals surface area (Å²) in [6, 6.07) is 6.72. The highest BCUT2D eigenvalue weighted by Crippen LogP contribution is 2.36. The molecule has 1 fully saturated rings. The highest BCUT2D eigenvalue weighted by Gasteiger charge is 2.30. The van der Waals surface area contributed by atoms with Gasteiger partial charge in [0.05, 0.1) is 5.56 Å². The first-order chi connectivity index (χ1) is 9.45. The van der Waals surface area contributed by atoms with E-state index in [2.05, 4.69) is 37.8 Å². The van der Waals surface area contributed by atoms with Crippen molar-refractivity contribution in [2.75, 3.05) is 17.7 Å². The SMILES string of the molecule is CSc1cccc(N2CC(C)CC(C)C2C)c1C(=N)N. The Labute approximate surface area is 126 Å². The summed E-state index contributed by atoms with van der Waals surface area (Å²) >= 11 is 1.66. The number of anilines is 1. The molecule has 110 valence electrons. The van der Waals surface area contributed by atoms with Gasteiger partial charge in [0.1, 0.15) is 5.84 Å². The number of thioether (sulfide) groups is 1. The quantitative estimate of drug-likeness (QED) is 0.508. The topological polar surface area (TPSA) is 53.1 Å². The highest BCUT2D eigenvalue weighted by molar-refractivity contribution is 7.98. The maximum Gasteiger partial charge on any atom is 0.126 e. The van der Waals surface area contributed by atoms with Gasteiger partial charge in [-0.1, -0.05) is 19.9 Å². The van der Waals surface area contributed by atoms with Crippen LogP contribution in [0.25, 0.3) is 0 Å². The summed E-state index contributed by atoms with van der Waals surface area (Å²) in [4.78, 5) is 3.53. The molecule has 0 radical (unpaired) electrons. The maximum absolute atomic E-state index is 7.94. The number of hydrogen-bond donors (Lipinski definition) is 2. The summed E-state index contributed by atoms with van der Waals surface area (Å²) < 4.78 is 0. The number of nitrogen functional groups attached to an aromatic ring is 1. The maximum atomic E-state index is 7.94. The van der Waals surface area contributed by atoms with E-state index >= 15 is 0 Å². The van der Waals surface area contributed by atoms with Crippen molar-refractivity contribution in [3.05, 3.63) is 23.8 Å². The number of nitrogens with zero attached hydrogens (tertiary/aromatic N) is 1. The van der Waals surface area contributed by atoms with Gasteiger partial charge in [-0.15, -0.1) is 11.8 Å². The lowest BCUT2D eigenvalue weighted by Gasteiger charge is -2.43. The molecule has 1 aliphatic rings. The van der Waals surface area contributed by atoms with E-state index in [4.69, 9.17) is 11.1 Å². The van der Waals surface area contributed by atoms with Crippen molar-refractivity contribution >= 4 is 23.3 Å². The zero-order chi connectivity index (χ0) is 14.9. The van der Waals surface area contributed by atoms with Crippen molar-refractivity contribution < 1.29 is 0 Å². The highest BCUT2D eigenvalue weighted by atomic mass is 32.2. The Kier molecular flexibility index (Phi) is 4.63. The van der Waals surface area contributed by atoms with E-state index in [9.17, 15) is 0 Å². The molecule has 3 N–H and O–H groups in total. The first kappa shape index (κ1) is 15.2.